The Balaban J connectivity index is 2.01. The lowest BCUT2D eigenvalue weighted by Crippen LogP contribution is -2.12. The zero-order chi connectivity index (χ0) is 15.9. The van der Waals surface area contributed by atoms with E-state index < -0.39 is 10.0 Å². The first-order valence-electron chi connectivity index (χ1n) is 6.59. The van der Waals surface area contributed by atoms with Gasteiger partial charge in [0.15, 0.2) is 0 Å². The Bertz CT molecular complexity index is 947. The van der Waals surface area contributed by atoms with Crippen molar-refractivity contribution >= 4 is 32.7 Å². The van der Waals surface area contributed by atoms with Crippen LogP contribution in [0, 0.1) is 6.92 Å². The van der Waals surface area contributed by atoms with Gasteiger partial charge in [0.05, 0.1) is 16.1 Å². The molecule has 0 aliphatic heterocycles. The number of primary sulfonamides is 1. The minimum Gasteiger partial charge on any atom is -0.342 e. The average Bonchev–Trinajstić information content (AvgIpc) is 2.80. The lowest BCUT2D eigenvalue weighted by molar-refractivity contribution is 0.598. The summed E-state index contributed by atoms with van der Waals surface area (Å²) in [7, 11) is -3.86. The van der Waals surface area contributed by atoms with Crippen molar-refractivity contribution < 1.29 is 8.42 Å². The first kappa shape index (κ1) is 15.0. The highest BCUT2D eigenvalue weighted by Crippen LogP contribution is 2.26. The second kappa shape index (κ2) is 5.39. The summed E-state index contributed by atoms with van der Waals surface area (Å²) in [6.07, 6.45) is 0.622. The SMILES string of the molecule is Cc1ccc(Cc2nc3cc(Cl)c(S(N)(=O)=O)cc3[nH]2)cc1. The lowest BCUT2D eigenvalue weighted by Gasteiger charge is -2.00. The van der Waals surface area contributed by atoms with Crippen LogP contribution >= 0.6 is 11.6 Å². The molecule has 1 heterocycles. The molecule has 0 atom stereocenters. The van der Waals surface area contributed by atoms with Gasteiger partial charge in [0, 0.05) is 6.42 Å². The number of nitrogens with two attached hydrogens (primary N) is 1. The first-order valence-corrected chi connectivity index (χ1v) is 8.52. The van der Waals surface area contributed by atoms with Crippen molar-refractivity contribution in [1.29, 1.82) is 0 Å². The van der Waals surface area contributed by atoms with Crippen LogP contribution in [0.3, 0.4) is 0 Å². The molecule has 3 N–H and O–H groups in total. The maximum Gasteiger partial charge on any atom is 0.239 e. The number of hydrogen-bond donors (Lipinski definition) is 2. The molecule has 3 rings (SSSR count). The van der Waals surface area contributed by atoms with Crippen LogP contribution in [-0.4, -0.2) is 18.4 Å². The Morgan fingerprint density at radius 1 is 1.23 bits per heavy atom. The van der Waals surface area contributed by atoms with E-state index in [1.165, 1.54) is 17.7 Å². The second-order valence-electron chi connectivity index (χ2n) is 5.19. The van der Waals surface area contributed by atoms with Gasteiger partial charge in [0.1, 0.15) is 10.7 Å². The van der Waals surface area contributed by atoms with Crippen LogP contribution in [0.2, 0.25) is 5.02 Å². The average molecular weight is 336 g/mol. The molecule has 0 bridgehead atoms. The Hall–Kier alpha value is -1.89. The van der Waals surface area contributed by atoms with Crippen LogP contribution in [0.25, 0.3) is 11.0 Å². The fraction of sp³-hybridized carbons (Fsp3) is 0.133. The van der Waals surface area contributed by atoms with E-state index in [4.69, 9.17) is 16.7 Å². The van der Waals surface area contributed by atoms with Crippen molar-refractivity contribution in [3.8, 4) is 0 Å². The van der Waals surface area contributed by atoms with Crippen LogP contribution in [0.1, 0.15) is 17.0 Å². The number of benzene rings is 2. The minimum absolute atomic E-state index is 0.0726. The van der Waals surface area contributed by atoms with E-state index >= 15 is 0 Å². The van der Waals surface area contributed by atoms with E-state index in [9.17, 15) is 8.42 Å². The van der Waals surface area contributed by atoms with Crippen molar-refractivity contribution in [2.75, 3.05) is 0 Å². The van der Waals surface area contributed by atoms with Crippen LogP contribution in [0.15, 0.2) is 41.3 Å². The Morgan fingerprint density at radius 2 is 1.91 bits per heavy atom. The van der Waals surface area contributed by atoms with E-state index in [1.54, 1.807) is 0 Å². The van der Waals surface area contributed by atoms with Crippen LogP contribution in [-0.2, 0) is 16.4 Å². The fourth-order valence-corrected chi connectivity index (χ4v) is 3.36. The summed E-state index contributed by atoms with van der Waals surface area (Å²) >= 11 is 5.96. The van der Waals surface area contributed by atoms with Crippen molar-refractivity contribution in [1.82, 2.24) is 9.97 Å². The minimum atomic E-state index is -3.86. The summed E-state index contributed by atoms with van der Waals surface area (Å²) in [4.78, 5) is 7.44. The molecule has 0 saturated heterocycles. The molecule has 0 unspecified atom stereocenters. The number of sulfonamides is 1. The van der Waals surface area contributed by atoms with Gasteiger partial charge in [-0.05, 0) is 24.6 Å². The highest BCUT2D eigenvalue weighted by atomic mass is 35.5. The maximum atomic E-state index is 11.5. The van der Waals surface area contributed by atoms with Crippen LogP contribution < -0.4 is 5.14 Å². The topological polar surface area (TPSA) is 88.8 Å². The van der Waals surface area contributed by atoms with E-state index in [2.05, 4.69) is 9.97 Å². The maximum absolute atomic E-state index is 11.5. The monoisotopic (exact) mass is 335 g/mol. The number of aromatic nitrogens is 2. The number of nitrogens with one attached hydrogen (secondary N) is 1. The molecule has 5 nitrogen and oxygen atoms in total. The Kier molecular flexibility index (Phi) is 3.68. The number of rotatable bonds is 3. The number of H-pyrrole nitrogens is 1. The quantitative estimate of drug-likeness (QED) is 0.771. The number of hydrogen-bond acceptors (Lipinski definition) is 3. The van der Waals surface area contributed by atoms with Gasteiger partial charge in [-0.25, -0.2) is 18.5 Å². The molecule has 0 aliphatic carbocycles. The largest absolute Gasteiger partial charge is 0.342 e. The Morgan fingerprint density at radius 3 is 2.55 bits per heavy atom. The predicted molar refractivity (Wildman–Crippen MR) is 86.5 cm³/mol. The van der Waals surface area contributed by atoms with Gasteiger partial charge in [-0.3, -0.25) is 0 Å². The van der Waals surface area contributed by atoms with Crippen molar-refractivity contribution in [3.63, 3.8) is 0 Å². The van der Waals surface area contributed by atoms with Crippen LogP contribution in [0.5, 0.6) is 0 Å². The van der Waals surface area contributed by atoms with Crippen molar-refractivity contribution in [3.05, 3.63) is 58.4 Å². The number of imidazole rings is 1. The highest BCUT2D eigenvalue weighted by molar-refractivity contribution is 7.89. The summed E-state index contributed by atoms with van der Waals surface area (Å²) in [6, 6.07) is 11.1. The number of aryl methyl sites for hydroxylation is 1. The molecule has 114 valence electrons. The van der Waals surface area contributed by atoms with E-state index in [0.717, 1.165) is 11.4 Å². The van der Waals surface area contributed by atoms with Gasteiger partial charge in [0.25, 0.3) is 0 Å². The molecule has 0 fully saturated rings. The molecule has 0 amide bonds. The molecule has 2 aromatic carbocycles. The molecular weight excluding hydrogens is 322 g/mol. The number of halogens is 1. The number of aromatic amines is 1. The third-order valence-electron chi connectivity index (χ3n) is 3.38. The van der Waals surface area contributed by atoms with Gasteiger partial charge in [0.2, 0.25) is 10.0 Å². The van der Waals surface area contributed by atoms with E-state index in [1.807, 2.05) is 31.2 Å². The van der Waals surface area contributed by atoms with E-state index in [0.29, 0.717) is 17.5 Å². The summed E-state index contributed by atoms with van der Waals surface area (Å²) < 4.78 is 23.0. The molecule has 0 aliphatic rings. The van der Waals surface area contributed by atoms with Gasteiger partial charge < -0.3 is 4.98 Å². The molecule has 1 aromatic heterocycles. The standard InChI is InChI=1S/C15H14ClN3O2S/c1-9-2-4-10(5-3-9)6-15-18-12-7-11(16)14(22(17,20)21)8-13(12)19-15/h2-5,7-8H,6H2,1H3,(H,18,19)(H2,17,20,21). The summed E-state index contributed by atoms with van der Waals surface area (Å²) in [5.41, 5.74) is 3.51. The van der Waals surface area contributed by atoms with Crippen LogP contribution in [0.4, 0.5) is 0 Å². The fourth-order valence-electron chi connectivity index (χ4n) is 2.27. The summed E-state index contributed by atoms with van der Waals surface area (Å²) in [5, 5.41) is 5.22. The van der Waals surface area contributed by atoms with Gasteiger partial charge in [-0.15, -0.1) is 0 Å². The molecule has 0 radical (unpaired) electrons. The normalized spacial score (nSPS) is 12.0. The molecule has 0 spiro atoms. The molecular formula is C15H14ClN3O2S. The van der Waals surface area contributed by atoms with Gasteiger partial charge in [-0.1, -0.05) is 41.4 Å². The summed E-state index contributed by atoms with van der Waals surface area (Å²) in [5.74, 6) is 0.737. The Labute approximate surface area is 133 Å². The smallest absolute Gasteiger partial charge is 0.239 e. The zero-order valence-electron chi connectivity index (χ0n) is 11.8. The van der Waals surface area contributed by atoms with Crippen molar-refractivity contribution in [2.24, 2.45) is 5.14 Å². The first-order chi connectivity index (χ1) is 10.3. The van der Waals surface area contributed by atoms with Gasteiger partial charge >= 0.3 is 0 Å². The zero-order valence-corrected chi connectivity index (χ0v) is 13.4. The third kappa shape index (κ3) is 2.99. The number of fused-ring (bicyclic) bond motifs is 1. The highest BCUT2D eigenvalue weighted by Gasteiger charge is 2.16. The van der Waals surface area contributed by atoms with Gasteiger partial charge in [-0.2, -0.15) is 0 Å². The van der Waals surface area contributed by atoms with Crippen molar-refractivity contribution in [2.45, 2.75) is 18.2 Å². The molecule has 3 aromatic rings. The third-order valence-corrected chi connectivity index (χ3v) is 4.76. The second-order valence-corrected chi connectivity index (χ2v) is 7.13. The number of nitrogens with zero attached hydrogens (tertiary/aromatic N) is 1. The molecule has 7 heteroatoms. The molecule has 22 heavy (non-hydrogen) atoms. The molecule has 0 saturated carbocycles. The predicted octanol–water partition coefficient (Wildman–Crippen LogP) is 2.76. The summed E-state index contributed by atoms with van der Waals surface area (Å²) in [6.45, 7) is 2.03. The lowest BCUT2D eigenvalue weighted by atomic mass is 10.1. The van der Waals surface area contributed by atoms with E-state index in [-0.39, 0.29) is 9.92 Å².